The van der Waals surface area contributed by atoms with Crippen molar-refractivity contribution in [3.8, 4) is 0 Å². The number of nitrogens with two attached hydrogens (primary N) is 1. The largest absolute Gasteiger partial charge is 0.508 e. The van der Waals surface area contributed by atoms with Gasteiger partial charge in [0.25, 0.3) is 0 Å². The zero-order valence-corrected chi connectivity index (χ0v) is 10.0. The molecule has 1 rings (SSSR count). The van der Waals surface area contributed by atoms with E-state index in [-0.39, 0.29) is 11.5 Å². The summed E-state index contributed by atoms with van der Waals surface area (Å²) in [6, 6.07) is 0.0310. The van der Waals surface area contributed by atoms with E-state index in [1.54, 1.807) is 6.08 Å². The van der Waals surface area contributed by atoms with Crippen molar-refractivity contribution < 1.29 is 9.90 Å². The van der Waals surface area contributed by atoms with Gasteiger partial charge >= 0.3 is 0 Å². The SMILES string of the molecule is CC(C)(C=O)C[C@@H](N)CC1C=CC(O)=CC1. The number of aldehydes is 1. The summed E-state index contributed by atoms with van der Waals surface area (Å²) in [6.07, 6.45) is 8.87. The second-order valence-electron chi connectivity index (χ2n) is 5.29. The summed E-state index contributed by atoms with van der Waals surface area (Å²) in [5, 5.41) is 9.18. The molecule has 1 unspecified atom stereocenters. The highest BCUT2D eigenvalue weighted by molar-refractivity contribution is 5.57. The Morgan fingerprint density at radius 2 is 2.38 bits per heavy atom. The zero-order valence-electron chi connectivity index (χ0n) is 10.0. The summed E-state index contributed by atoms with van der Waals surface area (Å²) in [7, 11) is 0. The van der Waals surface area contributed by atoms with Crippen LogP contribution in [0, 0.1) is 11.3 Å². The summed E-state index contributed by atoms with van der Waals surface area (Å²) in [4.78, 5) is 10.8. The van der Waals surface area contributed by atoms with E-state index < -0.39 is 0 Å². The number of carbonyl (C=O) groups excluding carboxylic acids is 1. The van der Waals surface area contributed by atoms with E-state index >= 15 is 0 Å². The number of aliphatic hydroxyl groups excluding tert-OH is 1. The molecule has 0 aliphatic heterocycles. The Morgan fingerprint density at radius 3 is 2.88 bits per heavy atom. The van der Waals surface area contributed by atoms with Crippen LogP contribution in [0.5, 0.6) is 0 Å². The van der Waals surface area contributed by atoms with Gasteiger partial charge in [0.2, 0.25) is 0 Å². The van der Waals surface area contributed by atoms with Gasteiger partial charge < -0.3 is 15.6 Å². The number of rotatable bonds is 5. The summed E-state index contributed by atoms with van der Waals surface area (Å²) in [5.74, 6) is 0.714. The molecule has 90 valence electrons. The Hall–Kier alpha value is -1.09. The molecule has 0 saturated carbocycles. The molecule has 3 N–H and O–H groups in total. The molecule has 0 amide bonds. The van der Waals surface area contributed by atoms with Crippen molar-refractivity contribution in [2.24, 2.45) is 17.1 Å². The lowest BCUT2D eigenvalue weighted by molar-refractivity contribution is -0.115. The Labute approximate surface area is 97.0 Å². The number of hydrogen-bond acceptors (Lipinski definition) is 3. The lowest BCUT2D eigenvalue weighted by Crippen LogP contribution is -2.30. The molecule has 3 nitrogen and oxygen atoms in total. The minimum Gasteiger partial charge on any atom is -0.508 e. The Balaban J connectivity index is 2.38. The average Bonchev–Trinajstić information content (AvgIpc) is 2.21. The van der Waals surface area contributed by atoms with Crippen LogP contribution in [-0.4, -0.2) is 17.4 Å². The second kappa shape index (κ2) is 5.30. The predicted molar refractivity (Wildman–Crippen MR) is 65.0 cm³/mol. The van der Waals surface area contributed by atoms with Gasteiger partial charge in [0.1, 0.15) is 12.0 Å². The third-order valence-electron chi connectivity index (χ3n) is 2.88. The van der Waals surface area contributed by atoms with E-state index in [0.29, 0.717) is 18.1 Å². The molecule has 16 heavy (non-hydrogen) atoms. The molecule has 0 aromatic rings. The van der Waals surface area contributed by atoms with Gasteiger partial charge in [-0.1, -0.05) is 19.9 Å². The van der Waals surface area contributed by atoms with Crippen molar-refractivity contribution in [1.29, 1.82) is 0 Å². The first-order valence-electron chi connectivity index (χ1n) is 5.72. The number of hydrogen-bond donors (Lipinski definition) is 2. The van der Waals surface area contributed by atoms with E-state index in [1.165, 1.54) is 0 Å². The molecule has 0 spiro atoms. The molecule has 1 aliphatic carbocycles. The van der Waals surface area contributed by atoms with Crippen LogP contribution in [0.15, 0.2) is 24.0 Å². The van der Waals surface area contributed by atoms with Gasteiger partial charge in [-0.05, 0) is 37.3 Å². The molecule has 0 aromatic heterocycles. The lowest BCUT2D eigenvalue weighted by Gasteiger charge is -2.24. The van der Waals surface area contributed by atoms with Gasteiger partial charge in [-0.2, -0.15) is 0 Å². The molecule has 0 fully saturated rings. The molecular formula is C13H21NO2. The number of aliphatic hydroxyl groups is 1. The van der Waals surface area contributed by atoms with E-state index in [4.69, 9.17) is 5.73 Å². The normalized spacial score (nSPS) is 22.7. The molecule has 0 saturated heterocycles. The van der Waals surface area contributed by atoms with Crippen molar-refractivity contribution in [3.63, 3.8) is 0 Å². The van der Waals surface area contributed by atoms with Crippen molar-refractivity contribution in [1.82, 2.24) is 0 Å². The fourth-order valence-electron chi connectivity index (χ4n) is 2.02. The number of allylic oxidation sites excluding steroid dienone is 3. The molecule has 3 heteroatoms. The topological polar surface area (TPSA) is 63.3 Å². The summed E-state index contributed by atoms with van der Waals surface area (Å²) in [6.45, 7) is 3.81. The van der Waals surface area contributed by atoms with Gasteiger partial charge in [-0.3, -0.25) is 0 Å². The van der Waals surface area contributed by atoms with Gasteiger partial charge in [-0.25, -0.2) is 0 Å². The summed E-state index contributed by atoms with van der Waals surface area (Å²) < 4.78 is 0. The monoisotopic (exact) mass is 223 g/mol. The van der Waals surface area contributed by atoms with Gasteiger partial charge in [0.15, 0.2) is 0 Å². The smallest absolute Gasteiger partial charge is 0.125 e. The highest BCUT2D eigenvalue weighted by Gasteiger charge is 2.22. The van der Waals surface area contributed by atoms with Crippen LogP contribution in [-0.2, 0) is 4.79 Å². The van der Waals surface area contributed by atoms with Crippen LogP contribution >= 0.6 is 0 Å². The lowest BCUT2D eigenvalue weighted by atomic mass is 9.83. The average molecular weight is 223 g/mol. The Morgan fingerprint density at radius 1 is 1.69 bits per heavy atom. The first kappa shape index (κ1) is 13.0. The zero-order chi connectivity index (χ0) is 12.2. The van der Waals surface area contributed by atoms with Crippen LogP contribution in [0.2, 0.25) is 0 Å². The molecule has 0 radical (unpaired) electrons. The van der Waals surface area contributed by atoms with Crippen molar-refractivity contribution in [2.75, 3.05) is 0 Å². The summed E-state index contributed by atoms with van der Waals surface area (Å²) in [5.41, 5.74) is 5.69. The fourth-order valence-corrected chi connectivity index (χ4v) is 2.02. The first-order valence-corrected chi connectivity index (χ1v) is 5.72. The maximum atomic E-state index is 10.8. The molecule has 0 heterocycles. The quantitative estimate of drug-likeness (QED) is 0.703. The molecule has 2 atom stereocenters. The molecule has 0 bridgehead atoms. The number of carbonyl (C=O) groups is 1. The Kier molecular flexibility index (Phi) is 4.30. The summed E-state index contributed by atoms with van der Waals surface area (Å²) >= 11 is 0. The molecule has 0 aromatic carbocycles. The van der Waals surface area contributed by atoms with Crippen molar-refractivity contribution in [2.45, 2.75) is 39.2 Å². The van der Waals surface area contributed by atoms with Gasteiger partial charge in [-0.15, -0.1) is 0 Å². The van der Waals surface area contributed by atoms with Crippen LogP contribution in [0.3, 0.4) is 0 Å². The van der Waals surface area contributed by atoms with E-state index in [0.717, 1.165) is 19.1 Å². The third-order valence-corrected chi connectivity index (χ3v) is 2.88. The van der Waals surface area contributed by atoms with E-state index in [2.05, 4.69) is 0 Å². The molecule has 1 aliphatic rings. The van der Waals surface area contributed by atoms with Crippen molar-refractivity contribution in [3.05, 3.63) is 24.0 Å². The van der Waals surface area contributed by atoms with E-state index in [9.17, 15) is 9.90 Å². The van der Waals surface area contributed by atoms with Crippen LogP contribution in [0.4, 0.5) is 0 Å². The molecular weight excluding hydrogens is 202 g/mol. The highest BCUT2D eigenvalue weighted by Crippen LogP contribution is 2.25. The van der Waals surface area contributed by atoms with Crippen LogP contribution in [0.25, 0.3) is 0 Å². The fraction of sp³-hybridized carbons (Fsp3) is 0.615. The third kappa shape index (κ3) is 4.19. The first-order chi connectivity index (χ1) is 7.43. The maximum Gasteiger partial charge on any atom is 0.125 e. The predicted octanol–water partition coefficient (Wildman–Crippen LogP) is 2.34. The van der Waals surface area contributed by atoms with Gasteiger partial charge in [0.05, 0.1) is 0 Å². The van der Waals surface area contributed by atoms with Crippen molar-refractivity contribution >= 4 is 6.29 Å². The highest BCUT2D eigenvalue weighted by atomic mass is 16.3. The minimum atomic E-state index is -0.338. The standard InChI is InChI=1S/C13H21NO2/c1-13(2,9-15)8-11(14)7-10-3-5-12(16)6-4-10/h3,5-6,9-11,16H,4,7-8,14H2,1-2H3/t10?,11-/m0/s1. The minimum absolute atomic E-state index is 0.0310. The van der Waals surface area contributed by atoms with Gasteiger partial charge in [0, 0.05) is 11.5 Å². The Bertz CT molecular complexity index is 305. The van der Waals surface area contributed by atoms with E-state index in [1.807, 2.05) is 26.0 Å². The second-order valence-corrected chi connectivity index (χ2v) is 5.29. The van der Waals surface area contributed by atoms with Crippen LogP contribution in [0.1, 0.15) is 33.1 Å². The maximum absolute atomic E-state index is 10.8. The van der Waals surface area contributed by atoms with Crippen LogP contribution < -0.4 is 5.73 Å².